The molecule has 0 fully saturated rings. The minimum Gasteiger partial charge on any atom is -0.465 e. The van der Waals surface area contributed by atoms with Gasteiger partial charge in [0.15, 0.2) is 5.92 Å². The predicted molar refractivity (Wildman–Crippen MR) is 100 cm³/mol. The van der Waals surface area contributed by atoms with Gasteiger partial charge in [-0.3, -0.25) is 9.59 Å². The largest absolute Gasteiger partial charge is 0.465 e. The summed E-state index contributed by atoms with van der Waals surface area (Å²) in [5.74, 6) is -3.62. The van der Waals surface area contributed by atoms with Crippen LogP contribution in [0.2, 0.25) is 0 Å². The molecule has 30 heavy (non-hydrogen) atoms. The van der Waals surface area contributed by atoms with Gasteiger partial charge in [0.05, 0.1) is 24.8 Å². The van der Waals surface area contributed by atoms with Crippen LogP contribution in [0.15, 0.2) is 24.3 Å². The molecule has 0 spiro atoms. The fraction of sp³-hybridized carbons (Fsp3) is 0.550. The normalized spacial score (nSPS) is 12.8. The first-order valence-electron chi connectivity index (χ1n) is 9.30. The molecule has 10 heteroatoms. The van der Waals surface area contributed by atoms with E-state index in [1.54, 1.807) is 20.8 Å². The number of rotatable bonds is 7. The summed E-state index contributed by atoms with van der Waals surface area (Å²) in [5.41, 5.74) is -1.75. The lowest BCUT2D eigenvalue weighted by atomic mass is 9.92. The van der Waals surface area contributed by atoms with E-state index in [1.807, 2.05) is 0 Å². The van der Waals surface area contributed by atoms with E-state index in [4.69, 9.17) is 14.2 Å². The van der Waals surface area contributed by atoms with Crippen molar-refractivity contribution in [1.29, 1.82) is 0 Å². The Hall–Kier alpha value is -2.78. The van der Waals surface area contributed by atoms with Crippen LogP contribution in [0.5, 0.6) is 0 Å². The molecular weight excluding hydrogens is 407 g/mol. The molecular formula is C20H26F3NO6. The highest BCUT2D eigenvalue weighted by molar-refractivity contribution is 5.96. The molecule has 0 aliphatic rings. The molecule has 0 saturated heterocycles. The van der Waals surface area contributed by atoms with Crippen LogP contribution < -0.4 is 5.32 Å². The summed E-state index contributed by atoms with van der Waals surface area (Å²) in [6, 6.07) is 2.33. The van der Waals surface area contributed by atoms with Gasteiger partial charge in [0.25, 0.3) is 0 Å². The first-order chi connectivity index (χ1) is 13.8. The second-order valence-corrected chi connectivity index (χ2v) is 7.23. The maximum Gasteiger partial charge on any atom is 0.416 e. The van der Waals surface area contributed by atoms with Gasteiger partial charge in [0.1, 0.15) is 5.60 Å². The highest BCUT2D eigenvalue weighted by Crippen LogP contribution is 2.32. The molecule has 0 radical (unpaired) electrons. The Balaban J connectivity index is 3.39. The van der Waals surface area contributed by atoms with Crippen molar-refractivity contribution in [2.45, 2.75) is 52.4 Å². The van der Waals surface area contributed by atoms with E-state index in [0.717, 1.165) is 24.3 Å². The Labute approximate surface area is 172 Å². The Morgan fingerprint density at radius 2 is 1.40 bits per heavy atom. The zero-order chi connectivity index (χ0) is 23.1. The fourth-order valence-electron chi connectivity index (χ4n) is 2.51. The number of esters is 2. The van der Waals surface area contributed by atoms with Crippen molar-refractivity contribution < 1.29 is 41.8 Å². The summed E-state index contributed by atoms with van der Waals surface area (Å²) in [5, 5.41) is 2.38. The van der Waals surface area contributed by atoms with Crippen LogP contribution in [0.3, 0.4) is 0 Å². The average Bonchev–Trinajstić information content (AvgIpc) is 2.59. The van der Waals surface area contributed by atoms with Gasteiger partial charge in [-0.25, -0.2) is 4.79 Å². The van der Waals surface area contributed by atoms with Crippen molar-refractivity contribution in [1.82, 2.24) is 5.32 Å². The highest BCUT2D eigenvalue weighted by atomic mass is 19.4. The maximum atomic E-state index is 12.9. The second-order valence-electron chi connectivity index (χ2n) is 7.23. The lowest BCUT2D eigenvalue weighted by Gasteiger charge is -2.27. The summed E-state index contributed by atoms with van der Waals surface area (Å²) in [7, 11) is 0. The summed E-state index contributed by atoms with van der Waals surface area (Å²) >= 11 is 0. The molecule has 7 nitrogen and oxygen atoms in total. The zero-order valence-electron chi connectivity index (χ0n) is 17.5. The van der Waals surface area contributed by atoms with Gasteiger partial charge < -0.3 is 19.5 Å². The van der Waals surface area contributed by atoms with Crippen LogP contribution in [0.25, 0.3) is 0 Å². The smallest absolute Gasteiger partial charge is 0.416 e. The molecule has 0 heterocycles. The molecule has 0 unspecified atom stereocenters. The van der Waals surface area contributed by atoms with Crippen molar-refractivity contribution >= 4 is 18.0 Å². The summed E-state index contributed by atoms with van der Waals surface area (Å²) in [4.78, 5) is 37.3. The Kier molecular flexibility index (Phi) is 8.68. The number of carbonyl (C=O) groups is 3. The van der Waals surface area contributed by atoms with Crippen LogP contribution in [-0.2, 0) is 30.0 Å². The van der Waals surface area contributed by atoms with E-state index in [9.17, 15) is 27.6 Å². The third kappa shape index (κ3) is 7.57. The monoisotopic (exact) mass is 433 g/mol. The first-order valence-corrected chi connectivity index (χ1v) is 9.30. The third-order valence-electron chi connectivity index (χ3n) is 3.68. The van der Waals surface area contributed by atoms with Crippen molar-refractivity contribution in [2.24, 2.45) is 5.92 Å². The van der Waals surface area contributed by atoms with Gasteiger partial charge in [-0.05, 0) is 52.3 Å². The number of alkyl carbamates (subject to hydrolysis) is 1. The first kappa shape index (κ1) is 25.3. The molecule has 1 rings (SSSR count). The van der Waals surface area contributed by atoms with Crippen LogP contribution in [0.4, 0.5) is 18.0 Å². The van der Waals surface area contributed by atoms with E-state index < -0.39 is 47.3 Å². The highest BCUT2D eigenvalue weighted by Gasteiger charge is 2.40. The van der Waals surface area contributed by atoms with E-state index in [-0.39, 0.29) is 18.8 Å². The molecule has 1 aromatic carbocycles. The number of nitrogens with one attached hydrogen (secondary N) is 1. The SMILES string of the molecule is CCOC(=O)C(C(=O)OCC)[C@H](NC(=O)OC(C)(C)C)c1ccc(C(F)(F)F)cc1. The number of hydrogen-bond acceptors (Lipinski definition) is 6. The van der Waals surface area contributed by atoms with Crippen LogP contribution in [0, 0.1) is 5.92 Å². The standard InChI is InChI=1S/C20H26F3NO6/c1-6-28-16(25)14(17(26)29-7-2)15(24-18(27)30-19(3,4)5)12-8-10-13(11-9-12)20(21,22)23/h8-11,14-15H,6-7H2,1-5H3,(H,24,27)/t15-/m1/s1. The molecule has 168 valence electrons. The van der Waals surface area contributed by atoms with Crippen LogP contribution in [0.1, 0.15) is 51.8 Å². The summed E-state index contributed by atoms with van der Waals surface area (Å²) < 4.78 is 53.7. The Morgan fingerprint density at radius 1 is 0.933 bits per heavy atom. The molecule has 1 atom stereocenters. The van der Waals surface area contributed by atoms with Gasteiger partial charge in [0, 0.05) is 0 Å². The fourth-order valence-corrected chi connectivity index (χ4v) is 2.51. The van der Waals surface area contributed by atoms with Crippen LogP contribution in [-0.4, -0.2) is 36.8 Å². The van der Waals surface area contributed by atoms with Gasteiger partial charge in [-0.1, -0.05) is 12.1 Å². The number of halogens is 3. The van der Waals surface area contributed by atoms with Crippen LogP contribution >= 0.6 is 0 Å². The van der Waals surface area contributed by atoms with Gasteiger partial charge in [-0.2, -0.15) is 13.2 Å². The lowest BCUT2D eigenvalue weighted by Crippen LogP contribution is -2.44. The Bertz CT molecular complexity index is 722. The minimum absolute atomic E-state index is 0.0547. The quantitative estimate of drug-likeness (QED) is 0.397. The van der Waals surface area contributed by atoms with E-state index in [1.165, 1.54) is 13.8 Å². The molecule has 0 aromatic heterocycles. The van der Waals surface area contributed by atoms with Gasteiger partial charge >= 0.3 is 24.2 Å². The molecule has 1 amide bonds. The van der Waals surface area contributed by atoms with Crippen molar-refractivity contribution in [3.8, 4) is 0 Å². The van der Waals surface area contributed by atoms with Gasteiger partial charge in [-0.15, -0.1) is 0 Å². The number of benzene rings is 1. The van der Waals surface area contributed by atoms with Crippen molar-refractivity contribution in [3.63, 3.8) is 0 Å². The lowest BCUT2D eigenvalue weighted by molar-refractivity contribution is -0.163. The number of amides is 1. The maximum absolute atomic E-state index is 12.9. The third-order valence-corrected chi connectivity index (χ3v) is 3.68. The van der Waals surface area contributed by atoms with E-state index >= 15 is 0 Å². The molecule has 0 aliphatic heterocycles. The average molecular weight is 433 g/mol. The number of alkyl halides is 3. The molecule has 1 aromatic rings. The van der Waals surface area contributed by atoms with Gasteiger partial charge in [0.2, 0.25) is 0 Å². The topological polar surface area (TPSA) is 90.9 Å². The van der Waals surface area contributed by atoms with E-state index in [2.05, 4.69) is 5.32 Å². The predicted octanol–water partition coefficient (Wildman–Crippen LogP) is 4.01. The number of carbonyl (C=O) groups excluding carboxylic acids is 3. The number of hydrogen-bond donors (Lipinski definition) is 1. The Morgan fingerprint density at radius 3 is 1.77 bits per heavy atom. The zero-order valence-corrected chi connectivity index (χ0v) is 17.5. The molecule has 1 N–H and O–H groups in total. The summed E-state index contributed by atoms with van der Waals surface area (Å²) in [6.45, 7) is 7.75. The number of ether oxygens (including phenoxy) is 3. The van der Waals surface area contributed by atoms with E-state index in [0.29, 0.717) is 0 Å². The second kappa shape index (κ2) is 10.3. The molecule has 0 aliphatic carbocycles. The molecule has 0 bridgehead atoms. The van der Waals surface area contributed by atoms with Crippen molar-refractivity contribution in [2.75, 3.05) is 13.2 Å². The molecule has 0 saturated carbocycles. The minimum atomic E-state index is -4.58. The summed E-state index contributed by atoms with van der Waals surface area (Å²) in [6.07, 6.45) is -5.54. The van der Waals surface area contributed by atoms with Crippen molar-refractivity contribution in [3.05, 3.63) is 35.4 Å².